The number of esters is 1. The number of nitrogens with zero attached hydrogens (tertiary/aromatic N) is 3. The fourth-order valence-corrected chi connectivity index (χ4v) is 5.38. The quantitative estimate of drug-likeness (QED) is 0.328. The molecule has 0 fully saturated rings. The first kappa shape index (κ1) is 24.8. The molecule has 0 bridgehead atoms. The Hall–Kier alpha value is -2.85. The van der Waals surface area contributed by atoms with Crippen molar-refractivity contribution in [3.63, 3.8) is 0 Å². The predicted molar refractivity (Wildman–Crippen MR) is 130 cm³/mol. The van der Waals surface area contributed by atoms with E-state index in [1.165, 1.54) is 30.2 Å². The lowest BCUT2D eigenvalue weighted by Crippen LogP contribution is -2.17. The Kier molecular flexibility index (Phi) is 8.51. The molecule has 0 saturated heterocycles. The minimum absolute atomic E-state index is 0.135. The Morgan fingerprint density at radius 2 is 1.94 bits per heavy atom. The second-order valence-corrected chi connectivity index (χ2v) is 9.39. The number of ether oxygens (including phenoxy) is 2. The highest BCUT2D eigenvalue weighted by Gasteiger charge is 2.23. The summed E-state index contributed by atoms with van der Waals surface area (Å²) in [6.07, 6.45) is 0.685. The number of rotatable bonds is 10. The van der Waals surface area contributed by atoms with Gasteiger partial charge in [-0.15, -0.1) is 21.5 Å². The molecule has 2 heterocycles. The molecule has 0 aliphatic heterocycles. The number of benzene rings is 1. The molecule has 0 atom stereocenters. The first-order valence-corrected chi connectivity index (χ1v) is 12.4. The smallest absolute Gasteiger partial charge is 0.341 e. The van der Waals surface area contributed by atoms with Gasteiger partial charge in [-0.25, -0.2) is 4.79 Å². The Balaban J connectivity index is 1.65. The van der Waals surface area contributed by atoms with Crippen LogP contribution < -0.4 is 10.1 Å². The maximum absolute atomic E-state index is 12.7. The molecule has 0 aliphatic rings. The number of aryl methyl sites for hydroxylation is 2. The number of methoxy groups -OCH3 is 1. The molecule has 33 heavy (non-hydrogen) atoms. The van der Waals surface area contributed by atoms with Crippen molar-refractivity contribution in [2.75, 3.05) is 18.2 Å². The summed E-state index contributed by atoms with van der Waals surface area (Å²) in [4.78, 5) is 25.9. The van der Waals surface area contributed by atoms with Gasteiger partial charge in [0.15, 0.2) is 11.0 Å². The van der Waals surface area contributed by atoms with Gasteiger partial charge in [-0.05, 0) is 44.4 Å². The minimum atomic E-state index is -0.442. The van der Waals surface area contributed by atoms with E-state index in [0.717, 1.165) is 21.8 Å². The van der Waals surface area contributed by atoms with Crippen molar-refractivity contribution in [1.82, 2.24) is 14.8 Å². The Morgan fingerprint density at radius 1 is 1.18 bits per heavy atom. The normalized spacial score (nSPS) is 10.8. The van der Waals surface area contributed by atoms with Gasteiger partial charge < -0.3 is 19.4 Å². The van der Waals surface area contributed by atoms with Crippen LogP contribution in [-0.2, 0) is 29.1 Å². The third kappa shape index (κ3) is 5.75. The van der Waals surface area contributed by atoms with E-state index in [9.17, 15) is 9.59 Å². The summed E-state index contributed by atoms with van der Waals surface area (Å²) in [5.41, 5.74) is 2.39. The number of thiophene rings is 1. The summed E-state index contributed by atoms with van der Waals surface area (Å²) in [5.74, 6) is 0.963. The number of thioether (sulfide) groups is 1. The molecule has 2 aromatic heterocycles. The SMILES string of the molecule is CCc1c(C)sc(NC(=O)CSc2nnc(COc3ccccc3C)n2CC)c1C(=O)OC. The number of hydrogen-bond acceptors (Lipinski definition) is 8. The first-order chi connectivity index (χ1) is 15.9. The Bertz CT molecular complexity index is 1140. The molecule has 176 valence electrons. The second kappa shape index (κ2) is 11.3. The van der Waals surface area contributed by atoms with Gasteiger partial charge in [0.2, 0.25) is 5.91 Å². The number of nitrogens with one attached hydrogen (secondary N) is 1. The number of amides is 1. The second-order valence-electron chi connectivity index (χ2n) is 7.22. The van der Waals surface area contributed by atoms with Gasteiger partial charge in [-0.2, -0.15) is 0 Å². The molecule has 1 N–H and O–H groups in total. The van der Waals surface area contributed by atoms with Crippen molar-refractivity contribution in [2.45, 2.75) is 52.4 Å². The fraction of sp³-hybridized carbons (Fsp3) is 0.391. The fourth-order valence-electron chi connectivity index (χ4n) is 3.41. The summed E-state index contributed by atoms with van der Waals surface area (Å²) in [7, 11) is 1.34. The predicted octanol–water partition coefficient (Wildman–Crippen LogP) is 4.64. The molecule has 3 rings (SSSR count). The molecule has 3 aromatic rings. The van der Waals surface area contributed by atoms with Crippen LogP contribution in [0.5, 0.6) is 5.75 Å². The number of aromatic nitrogens is 3. The van der Waals surface area contributed by atoms with Crippen LogP contribution in [0.3, 0.4) is 0 Å². The minimum Gasteiger partial charge on any atom is -0.485 e. The van der Waals surface area contributed by atoms with Crippen LogP contribution in [0.4, 0.5) is 5.00 Å². The van der Waals surface area contributed by atoms with Crippen LogP contribution >= 0.6 is 23.1 Å². The summed E-state index contributed by atoms with van der Waals surface area (Å²) >= 11 is 2.68. The highest BCUT2D eigenvalue weighted by Crippen LogP contribution is 2.34. The van der Waals surface area contributed by atoms with Gasteiger partial charge in [-0.1, -0.05) is 36.9 Å². The molecule has 1 aromatic carbocycles. The van der Waals surface area contributed by atoms with Crippen LogP contribution in [-0.4, -0.2) is 39.5 Å². The summed E-state index contributed by atoms with van der Waals surface area (Å²) in [6.45, 7) is 8.83. The molecule has 10 heteroatoms. The van der Waals surface area contributed by atoms with E-state index in [4.69, 9.17) is 9.47 Å². The number of anilines is 1. The number of carbonyl (C=O) groups excluding carboxylic acids is 2. The van der Waals surface area contributed by atoms with Crippen molar-refractivity contribution < 1.29 is 19.1 Å². The lowest BCUT2D eigenvalue weighted by molar-refractivity contribution is -0.113. The van der Waals surface area contributed by atoms with Crippen molar-refractivity contribution >= 4 is 40.0 Å². The molecule has 8 nitrogen and oxygen atoms in total. The molecular weight excluding hydrogens is 460 g/mol. The molecular formula is C23H28N4O4S2. The summed E-state index contributed by atoms with van der Waals surface area (Å²) < 4.78 is 12.7. The van der Waals surface area contributed by atoms with Crippen LogP contribution in [0.1, 0.15) is 46.0 Å². The first-order valence-electron chi connectivity index (χ1n) is 10.6. The molecule has 0 saturated carbocycles. The number of para-hydroxylation sites is 1. The van der Waals surface area contributed by atoms with Gasteiger partial charge in [0.05, 0.1) is 18.4 Å². The van der Waals surface area contributed by atoms with E-state index in [2.05, 4.69) is 15.5 Å². The standard InChI is InChI=1S/C23H28N4O4S2/c1-6-16-15(4)33-21(20(16)22(29)30-5)24-19(28)13-32-23-26-25-18(27(23)7-2)12-31-17-11-9-8-10-14(17)3/h8-11H,6-7,12-13H2,1-5H3,(H,24,28). The zero-order valence-electron chi connectivity index (χ0n) is 19.4. The maximum atomic E-state index is 12.7. The molecule has 1 amide bonds. The van der Waals surface area contributed by atoms with Crippen LogP contribution in [0.15, 0.2) is 29.4 Å². The van der Waals surface area contributed by atoms with Gasteiger partial charge in [0.25, 0.3) is 0 Å². The molecule has 0 unspecified atom stereocenters. The van der Waals surface area contributed by atoms with Crippen LogP contribution in [0.2, 0.25) is 0 Å². The van der Waals surface area contributed by atoms with E-state index in [0.29, 0.717) is 34.5 Å². The van der Waals surface area contributed by atoms with Crippen LogP contribution in [0, 0.1) is 13.8 Å². The monoisotopic (exact) mass is 488 g/mol. The molecule has 0 aliphatic carbocycles. The van der Waals surface area contributed by atoms with E-state index in [-0.39, 0.29) is 18.3 Å². The summed E-state index contributed by atoms with van der Waals surface area (Å²) in [5, 5.41) is 12.5. The lowest BCUT2D eigenvalue weighted by atomic mass is 10.1. The highest BCUT2D eigenvalue weighted by molar-refractivity contribution is 7.99. The molecule has 0 spiro atoms. The van der Waals surface area contributed by atoms with Crippen molar-refractivity contribution in [2.24, 2.45) is 0 Å². The van der Waals surface area contributed by atoms with Crippen molar-refractivity contribution in [3.8, 4) is 5.75 Å². The van der Waals surface area contributed by atoms with Crippen molar-refractivity contribution in [1.29, 1.82) is 0 Å². The van der Waals surface area contributed by atoms with E-state index in [1.54, 1.807) is 0 Å². The van der Waals surface area contributed by atoms with Crippen molar-refractivity contribution in [3.05, 3.63) is 51.7 Å². The van der Waals surface area contributed by atoms with E-state index < -0.39 is 5.97 Å². The van der Waals surface area contributed by atoms with Gasteiger partial charge in [0, 0.05) is 11.4 Å². The summed E-state index contributed by atoms with van der Waals surface area (Å²) in [6, 6.07) is 7.80. The maximum Gasteiger partial charge on any atom is 0.341 e. The topological polar surface area (TPSA) is 95.3 Å². The largest absolute Gasteiger partial charge is 0.485 e. The average molecular weight is 489 g/mol. The lowest BCUT2D eigenvalue weighted by Gasteiger charge is -2.10. The third-order valence-corrected chi connectivity index (χ3v) is 7.13. The Labute approximate surface area is 201 Å². The van der Waals surface area contributed by atoms with E-state index >= 15 is 0 Å². The highest BCUT2D eigenvalue weighted by atomic mass is 32.2. The average Bonchev–Trinajstić information content (AvgIpc) is 3.35. The Morgan fingerprint density at radius 3 is 2.61 bits per heavy atom. The third-order valence-electron chi connectivity index (χ3n) is 5.10. The van der Waals surface area contributed by atoms with Crippen LogP contribution in [0.25, 0.3) is 0 Å². The molecule has 0 radical (unpaired) electrons. The zero-order chi connectivity index (χ0) is 24.0. The number of carbonyl (C=O) groups is 2. The van der Waals surface area contributed by atoms with E-state index in [1.807, 2.05) is 56.5 Å². The van der Waals surface area contributed by atoms with Gasteiger partial charge in [0.1, 0.15) is 17.4 Å². The zero-order valence-corrected chi connectivity index (χ0v) is 21.1. The number of hydrogen-bond donors (Lipinski definition) is 1. The van der Waals surface area contributed by atoms with Gasteiger partial charge in [-0.3, -0.25) is 4.79 Å². The van der Waals surface area contributed by atoms with Gasteiger partial charge >= 0.3 is 5.97 Å².